The highest BCUT2D eigenvalue weighted by atomic mass is 16.6. The second-order valence-electron chi connectivity index (χ2n) is 7.69. The molecular formula is C20H29NO4. The molecule has 0 bridgehead atoms. The quantitative estimate of drug-likeness (QED) is 0.829. The predicted octanol–water partition coefficient (Wildman–Crippen LogP) is 3.37. The van der Waals surface area contributed by atoms with Gasteiger partial charge in [0.05, 0.1) is 0 Å². The maximum absolute atomic E-state index is 12.4. The van der Waals surface area contributed by atoms with Crippen molar-refractivity contribution >= 4 is 11.9 Å². The molecule has 1 atom stereocenters. The molecular weight excluding hydrogens is 318 g/mol. The van der Waals surface area contributed by atoms with E-state index in [1.807, 2.05) is 43.9 Å². The average molecular weight is 347 g/mol. The molecule has 0 saturated carbocycles. The normalized spacial score (nSPS) is 17.6. The number of carbonyl (C=O) groups is 2. The maximum Gasteiger partial charge on any atom is 0.410 e. The van der Waals surface area contributed by atoms with Gasteiger partial charge in [-0.15, -0.1) is 0 Å². The van der Waals surface area contributed by atoms with Gasteiger partial charge in [-0.25, -0.2) is 4.79 Å². The molecule has 0 aliphatic carbocycles. The topological polar surface area (TPSA) is 66.8 Å². The first-order chi connectivity index (χ1) is 11.7. The Bertz CT molecular complexity index is 633. The third-order valence-corrected chi connectivity index (χ3v) is 4.45. The van der Waals surface area contributed by atoms with Crippen molar-refractivity contribution < 1.29 is 19.4 Å². The third-order valence-electron chi connectivity index (χ3n) is 4.45. The number of ketones is 1. The molecule has 0 spiro atoms. The fourth-order valence-corrected chi connectivity index (χ4v) is 3.26. The summed E-state index contributed by atoms with van der Waals surface area (Å²) in [6.45, 7) is 7.90. The van der Waals surface area contributed by atoms with Crippen molar-refractivity contribution in [1.82, 2.24) is 4.90 Å². The molecule has 1 amide bonds. The maximum atomic E-state index is 12.4. The van der Waals surface area contributed by atoms with Crippen LogP contribution in [0.15, 0.2) is 18.2 Å². The second-order valence-corrected chi connectivity index (χ2v) is 7.69. The van der Waals surface area contributed by atoms with Gasteiger partial charge in [0.2, 0.25) is 0 Å². The lowest BCUT2D eigenvalue weighted by molar-refractivity contribution is 0.0226. The molecule has 5 heteroatoms. The van der Waals surface area contributed by atoms with E-state index in [1.54, 1.807) is 6.92 Å². The molecule has 5 nitrogen and oxygen atoms in total. The molecule has 1 aromatic carbocycles. The first-order valence-corrected chi connectivity index (χ1v) is 8.94. The monoisotopic (exact) mass is 347 g/mol. The van der Waals surface area contributed by atoms with Crippen LogP contribution in [0.3, 0.4) is 0 Å². The third kappa shape index (κ3) is 5.30. The number of ether oxygens (including phenoxy) is 1. The minimum absolute atomic E-state index is 0.0157. The van der Waals surface area contributed by atoms with E-state index in [1.165, 1.54) is 0 Å². The van der Waals surface area contributed by atoms with Gasteiger partial charge >= 0.3 is 6.09 Å². The van der Waals surface area contributed by atoms with Crippen LogP contribution in [0.4, 0.5) is 4.79 Å². The van der Waals surface area contributed by atoms with E-state index in [9.17, 15) is 14.7 Å². The van der Waals surface area contributed by atoms with Gasteiger partial charge in [0.25, 0.3) is 0 Å². The minimum atomic E-state index is -0.505. The van der Waals surface area contributed by atoms with Crippen LogP contribution in [-0.2, 0) is 17.6 Å². The van der Waals surface area contributed by atoms with Crippen LogP contribution < -0.4 is 0 Å². The standard InChI is InChI=1S/C20H29NO4/c1-14(23)15-7-8-16(17(12-15)9-11-22)13-18-6-5-10-21(18)19(24)25-20(2,3)4/h7-8,12,18,22H,5-6,9-11,13H2,1-4H3. The fraction of sp³-hybridized carbons (Fsp3) is 0.600. The van der Waals surface area contributed by atoms with Gasteiger partial charge in [-0.3, -0.25) is 4.79 Å². The summed E-state index contributed by atoms with van der Waals surface area (Å²) in [4.78, 5) is 25.8. The number of amides is 1. The molecule has 1 aliphatic heterocycles. The van der Waals surface area contributed by atoms with Crippen molar-refractivity contribution in [2.75, 3.05) is 13.2 Å². The molecule has 1 aliphatic rings. The summed E-state index contributed by atoms with van der Waals surface area (Å²) in [6, 6.07) is 5.73. The van der Waals surface area contributed by atoms with E-state index < -0.39 is 5.60 Å². The summed E-state index contributed by atoms with van der Waals surface area (Å²) in [5.74, 6) is 0.0157. The SMILES string of the molecule is CC(=O)c1ccc(CC2CCCN2C(=O)OC(C)(C)C)c(CCO)c1. The molecule has 1 heterocycles. The second kappa shape index (κ2) is 8.00. The molecule has 0 radical (unpaired) electrons. The first-order valence-electron chi connectivity index (χ1n) is 8.94. The lowest BCUT2D eigenvalue weighted by atomic mass is 9.94. The van der Waals surface area contributed by atoms with Crippen molar-refractivity contribution in [3.05, 3.63) is 34.9 Å². The van der Waals surface area contributed by atoms with Gasteiger partial charge in [0.15, 0.2) is 5.78 Å². The number of hydrogen-bond acceptors (Lipinski definition) is 4. The smallest absolute Gasteiger partial charge is 0.410 e. The number of aliphatic hydroxyl groups excluding tert-OH is 1. The van der Waals surface area contributed by atoms with E-state index in [2.05, 4.69) is 0 Å². The zero-order chi connectivity index (χ0) is 18.6. The fourth-order valence-electron chi connectivity index (χ4n) is 3.26. The van der Waals surface area contributed by atoms with Crippen LogP contribution >= 0.6 is 0 Å². The molecule has 1 N–H and O–H groups in total. The summed E-state index contributed by atoms with van der Waals surface area (Å²) in [7, 11) is 0. The zero-order valence-corrected chi connectivity index (χ0v) is 15.7. The van der Waals surface area contributed by atoms with E-state index in [-0.39, 0.29) is 24.5 Å². The van der Waals surface area contributed by atoms with Crippen LogP contribution in [-0.4, -0.2) is 46.7 Å². The number of likely N-dealkylation sites (tertiary alicyclic amines) is 1. The number of nitrogens with zero attached hydrogens (tertiary/aromatic N) is 1. The number of rotatable bonds is 5. The van der Waals surface area contributed by atoms with Crippen LogP contribution in [0.2, 0.25) is 0 Å². The first kappa shape index (κ1) is 19.4. The predicted molar refractivity (Wildman–Crippen MR) is 96.9 cm³/mol. The Hall–Kier alpha value is -1.88. The Kier molecular flexibility index (Phi) is 6.22. The minimum Gasteiger partial charge on any atom is -0.444 e. The number of Topliss-reactive ketones (excluding diaryl/α,β-unsaturated/α-hetero) is 1. The molecule has 0 aromatic heterocycles. The Morgan fingerprint density at radius 1 is 1.28 bits per heavy atom. The van der Waals surface area contributed by atoms with Gasteiger partial charge in [-0.1, -0.05) is 12.1 Å². The van der Waals surface area contributed by atoms with E-state index >= 15 is 0 Å². The van der Waals surface area contributed by atoms with Gasteiger partial charge in [-0.2, -0.15) is 0 Å². The number of carbonyl (C=O) groups excluding carboxylic acids is 2. The summed E-state index contributed by atoms with van der Waals surface area (Å²) < 4.78 is 5.52. The van der Waals surface area contributed by atoms with Crippen molar-refractivity contribution in [3.63, 3.8) is 0 Å². The Balaban J connectivity index is 2.17. The van der Waals surface area contributed by atoms with Gasteiger partial charge in [-0.05, 0) is 70.6 Å². The lowest BCUT2D eigenvalue weighted by Crippen LogP contribution is -2.40. The average Bonchev–Trinajstić information content (AvgIpc) is 2.95. The van der Waals surface area contributed by atoms with Crippen molar-refractivity contribution in [2.45, 2.75) is 65.0 Å². The van der Waals surface area contributed by atoms with Gasteiger partial charge in [0.1, 0.15) is 5.60 Å². The summed E-state index contributed by atoms with van der Waals surface area (Å²) in [6.07, 6.45) is 2.86. The lowest BCUT2D eigenvalue weighted by Gasteiger charge is -2.29. The Morgan fingerprint density at radius 2 is 2.00 bits per heavy atom. The van der Waals surface area contributed by atoms with E-state index in [0.29, 0.717) is 24.9 Å². The highest BCUT2D eigenvalue weighted by Gasteiger charge is 2.32. The van der Waals surface area contributed by atoms with Crippen LogP contribution in [0.25, 0.3) is 0 Å². The number of aliphatic hydroxyl groups is 1. The molecule has 2 rings (SSSR count). The summed E-state index contributed by atoms with van der Waals surface area (Å²) in [5, 5.41) is 9.33. The highest BCUT2D eigenvalue weighted by Crippen LogP contribution is 2.25. The molecule has 25 heavy (non-hydrogen) atoms. The molecule has 1 aromatic rings. The molecule has 1 fully saturated rings. The van der Waals surface area contributed by atoms with Crippen molar-refractivity contribution in [3.8, 4) is 0 Å². The van der Waals surface area contributed by atoms with Crippen molar-refractivity contribution in [1.29, 1.82) is 0 Å². The number of benzene rings is 1. The van der Waals surface area contributed by atoms with E-state index in [0.717, 1.165) is 24.0 Å². The Morgan fingerprint density at radius 3 is 2.60 bits per heavy atom. The van der Waals surface area contributed by atoms with Crippen LogP contribution in [0, 0.1) is 0 Å². The molecule has 1 unspecified atom stereocenters. The summed E-state index contributed by atoms with van der Waals surface area (Å²) >= 11 is 0. The van der Waals surface area contributed by atoms with Gasteiger partial charge in [0, 0.05) is 24.8 Å². The Labute approximate surface area is 150 Å². The van der Waals surface area contributed by atoms with Crippen LogP contribution in [0.5, 0.6) is 0 Å². The van der Waals surface area contributed by atoms with E-state index in [4.69, 9.17) is 4.74 Å². The molecule has 1 saturated heterocycles. The zero-order valence-electron chi connectivity index (χ0n) is 15.7. The molecule has 138 valence electrons. The number of hydrogen-bond donors (Lipinski definition) is 1. The van der Waals surface area contributed by atoms with Crippen molar-refractivity contribution in [2.24, 2.45) is 0 Å². The summed E-state index contributed by atoms with van der Waals surface area (Å²) in [5.41, 5.74) is 2.21. The van der Waals surface area contributed by atoms with Crippen LogP contribution in [0.1, 0.15) is 62.0 Å². The largest absolute Gasteiger partial charge is 0.444 e. The van der Waals surface area contributed by atoms with Gasteiger partial charge < -0.3 is 14.7 Å². The highest BCUT2D eigenvalue weighted by molar-refractivity contribution is 5.94.